The van der Waals surface area contributed by atoms with Crippen LogP contribution in [0.5, 0.6) is 17.2 Å². The molecular weight excluding hydrogens is 368 g/mol. The van der Waals surface area contributed by atoms with Gasteiger partial charge in [0.2, 0.25) is 0 Å². The average molecular weight is 394 g/mol. The number of aryl methyl sites for hydroxylation is 1. The van der Waals surface area contributed by atoms with Gasteiger partial charge in [0.25, 0.3) is 0 Å². The van der Waals surface area contributed by atoms with E-state index in [1.807, 2.05) is 69.3 Å². The molecule has 1 heterocycles. The van der Waals surface area contributed by atoms with Gasteiger partial charge in [0.15, 0.2) is 0 Å². The summed E-state index contributed by atoms with van der Waals surface area (Å²) >= 11 is 0. The largest absolute Gasteiger partial charge is 0.497 e. The lowest BCUT2D eigenvalue weighted by Crippen LogP contribution is -2.08. The number of aromatic nitrogens is 2. The third-order valence-corrected chi connectivity index (χ3v) is 4.02. The minimum Gasteiger partial charge on any atom is -0.497 e. The summed E-state index contributed by atoms with van der Waals surface area (Å²) in [5.41, 5.74) is 1.59. The SMILES string of the molecule is COc1ccc(OC)c(Nc2cc(Nc3ccccc3OC(C)C)nc(C)n2)c1. The van der Waals surface area contributed by atoms with E-state index >= 15 is 0 Å². The van der Waals surface area contributed by atoms with Gasteiger partial charge in [-0.3, -0.25) is 0 Å². The van der Waals surface area contributed by atoms with Gasteiger partial charge in [0.1, 0.15) is 34.7 Å². The summed E-state index contributed by atoms with van der Waals surface area (Å²) in [5.74, 6) is 4.09. The summed E-state index contributed by atoms with van der Waals surface area (Å²) in [6.07, 6.45) is 0.0721. The third kappa shape index (κ3) is 5.28. The van der Waals surface area contributed by atoms with Gasteiger partial charge >= 0.3 is 0 Å². The molecule has 7 heteroatoms. The van der Waals surface area contributed by atoms with Crippen molar-refractivity contribution in [3.8, 4) is 17.2 Å². The van der Waals surface area contributed by atoms with E-state index in [0.717, 1.165) is 22.9 Å². The summed E-state index contributed by atoms with van der Waals surface area (Å²) in [6, 6.07) is 15.1. The van der Waals surface area contributed by atoms with Crippen molar-refractivity contribution in [2.24, 2.45) is 0 Å². The Kier molecular flexibility index (Phi) is 6.39. The van der Waals surface area contributed by atoms with E-state index in [9.17, 15) is 0 Å². The van der Waals surface area contributed by atoms with Gasteiger partial charge in [-0.2, -0.15) is 0 Å². The van der Waals surface area contributed by atoms with Crippen LogP contribution in [0.15, 0.2) is 48.5 Å². The van der Waals surface area contributed by atoms with E-state index in [4.69, 9.17) is 14.2 Å². The number of hydrogen-bond donors (Lipinski definition) is 2. The van der Waals surface area contributed by atoms with Crippen LogP contribution in [-0.4, -0.2) is 30.3 Å². The minimum atomic E-state index is 0.0721. The fraction of sp³-hybridized carbons (Fsp3) is 0.273. The van der Waals surface area contributed by atoms with Gasteiger partial charge in [-0.25, -0.2) is 9.97 Å². The lowest BCUT2D eigenvalue weighted by Gasteiger charge is -2.16. The first-order chi connectivity index (χ1) is 14.0. The van der Waals surface area contributed by atoms with Crippen LogP contribution in [0, 0.1) is 6.92 Å². The number of benzene rings is 2. The Bertz CT molecular complexity index is 976. The molecule has 0 radical (unpaired) electrons. The Morgan fingerprint density at radius 3 is 2.14 bits per heavy atom. The van der Waals surface area contributed by atoms with Crippen LogP contribution < -0.4 is 24.8 Å². The predicted octanol–water partition coefficient (Wildman–Crippen LogP) is 5.08. The first-order valence-electron chi connectivity index (χ1n) is 9.36. The van der Waals surface area contributed by atoms with Gasteiger partial charge < -0.3 is 24.8 Å². The molecular formula is C22H26N4O3. The first-order valence-corrected chi connectivity index (χ1v) is 9.36. The molecule has 0 atom stereocenters. The van der Waals surface area contributed by atoms with Gasteiger partial charge in [-0.1, -0.05) is 12.1 Å². The number of methoxy groups -OCH3 is 2. The highest BCUT2D eigenvalue weighted by molar-refractivity contribution is 5.70. The van der Waals surface area contributed by atoms with Crippen LogP contribution in [0.4, 0.5) is 23.0 Å². The number of nitrogens with zero attached hydrogens (tertiary/aromatic N) is 2. The quantitative estimate of drug-likeness (QED) is 0.552. The van der Waals surface area contributed by atoms with Crippen LogP contribution in [0.2, 0.25) is 0 Å². The lowest BCUT2D eigenvalue weighted by molar-refractivity contribution is 0.244. The van der Waals surface area contributed by atoms with E-state index < -0.39 is 0 Å². The topological polar surface area (TPSA) is 77.5 Å². The van der Waals surface area contributed by atoms with Crippen molar-refractivity contribution in [3.63, 3.8) is 0 Å². The van der Waals surface area contributed by atoms with Crippen molar-refractivity contribution in [2.75, 3.05) is 24.9 Å². The van der Waals surface area contributed by atoms with Crippen molar-refractivity contribution in [2.45, 2.75) is 26.9 Å². The summed E-state index contributed by atoms with van der Waals surface area (Å²) in [6.45, 7) is 5.83. The van der Waals surface area contributed by atoms with Crippen LogP contribution in [0.3, 0.4) is 0 Å². The smallest absolute Gasteiger partial charge is 0.143 e. The zero-order valence-corrected chi connectivity index (χ0v) is 17.3. The molecule has 7 nitrogen and oxygen atoms in total. The van der Waals surface area contributed by atoms with Crippen LogP contribution in [0.1, 0.15) is 19.7 Å². The molecule has 3 rings (SSSR count). The molecule has 29 heavy (non-hydrogen) atoms. The maximum atomic E-state index is 5.88. The molecule has 1 aromatic heterocycles. The highest BCUT2D eigenvalue weighted by Crippen LogP contribution is 2.32. The molecule has 0 aliphatic rings. The van der Waals surface area contributed by atoms with E-state index in [-0.39, 0.29) is 6.10 Å². The summed E-state index contributed by atoms with van der Waals surface area (Å²) in [4.78, 5) is 8.98. The predicted molar refractivity (Wildman–Crippen MR) is 115 cm³/mol. The van der Waals surface area contributed by atoms with Crippen molar-refractivity contribution in [1.82, 2.24) is 9.97 Å². The molecule has 0 fully saturated rings. The van der Waals surface area contributed by atoms with E-state index in [2.05, 4.69) is 20.6 Å². The molecule has 0 bridgehead atoms. The second-order valence-corrected chi connectivity index (χ2v) is 6.66. The zero-order valence-electron chi connectivity index (χ0n) is 17.3. The normalized spacial score (nSPS) is 10.6. The number of anilines is 4. The number of nitrogens with one attached hydrogen (secondary N) is 2. The Balaban J connectivity index is 1.88. The van der Waals surface area contributed by atoms with Gasteiger partial charge in [0.05, 0.1) is 31.7 Å². The van der Waals surface area contributed by atoms with E-state index in [1.54, 1.807) is 14.2 Å². The monoisotopic (exact) mass is 394 g/mol. The maximum Gasteiger partial charge on any atom is 0.143 e. The second kappa shape index (κ2) is 9.14. The molecule has 2 N–H and O–H groups in total. The summed E-state index contributed by atoms with van der Waals surface area (Å²) < 4.78 is 16.6. The Morgan fingerprint density at radius 2 is 1.48 bits per heavy atom. The molecule has 3 aromatic rings. The van der Waals surface area contributed by atoms with E-state index in [1.165, 1.54) is 0 Å². The van der Waals surface area contributed by atoms with Crippen LogP contribution in [-0.2, 0) is 0 Å². The maximum absolute atomic E-state index is 5.88. The van der Waals surface area contributed by atoms with Crippen LogP contribution in [0.25, 0.3) is 0 Å². The highest BCUT2D eigenvalue weighted by Gasteiger charge is 2.10. The number of para-hydroxylation sites is 2. The second-order valence-electron chi connectivity index (χ2n) is 6.66. The number of hydrogen-bond acceptors (Lipinski definition) is 7. The Labute approximate surface area is 171 Å². The number of ether oxygens (including phenoxy) is 3. The summed E-state index contributed by atoms with van der Waals surface area (Å²) in [5, 5.41) is 6.61. The van der Waals surface area contributed by atoms with Crippen molar-refractivity contribution < 1.29 is 14.2 Å². The first kappa shape index (κ1) is 20.3. The molecule has 0 saturated heterocycles. The Hall–Kier alpha value is -3.48. The average Bonchev–Trinajstić information content (AvgIpc) is 2.68. The van der Waals surface area contributed by atoms with Gasteiger partial charge in [-0.05, 0) is 45.0 Å². The molecule has 0 aliphatic carbocycles. The van der Waals surface area contributed by atoms with E-state index in [0.29, 0.717) is 23.2 Å². The highest BCUT2D eigenvalue weighted by atomic mass is 16.5. The fourth-order valence-corrected chi connectivity index (χ4v) is 2.81. The van der Waals surface area contributed by atoms with Crippen molar-refractivity contribution >= 4 is 23.0 Å². The lowest BCUT2D eigenvalue weighted by atomic mass is 10.2. The van der Waals surface area contributed by atoms with Crippen molar-refractivity contribution in [3.05, 3.63) is 54.4 Å². The van der Waals surface area contributed by atoms with Gasteiger partial charge in [0, 0.05) is 12.1 Å². The molecule has 0 unspecified atom stereocenters. The van der Waals surface area contributed by atoms with Gasteiger partial charge in [-0.15, -0.1) is 0 Å². The third-order valence-electron chi connectivity index (χ3n) is 4.02. The van der Waals surface area contributed by atoms with Crippen LogP contribution >= 0.6 is 0 Å². The van der Waals surface area contributed by atoms with Crippen molar-refractivity contribution in [1.29, 1.82) is 0 Å². The zero-order chi connectivity index (χ0) is 20.8. The fourth-order valence-electron chi connectivity index (χ4n) is 2.81. The minimum absolute atomic E-state index is 0.0721. The Morgan fingerprint density at radius 1 is 0.793 bits per heavy atom. The molecule has 0 spiro atoms. The molecule has 152 valence electrons. The summed E-state index contributed by atoms with van der Waals surface area (Å²) in [7, 11) is 3.25. The molecule has 0 saturated carbocycles. The molecule has 2 aromatic carbocycles. The number of rotatable bonds is 8. The standard InChI is InChI=1S/C22H26N4O3/c1-14(2)29-20-9-7-6-8-17(20)25-21-13-22(24-15(3)23-21)26-18-12-16(27-4)10-11-19(18)28-5/h6-14H,1-5H3,(H2,23,24,25,26). The molecule has 0 aliphatic heterocycles. The molecule has 0 amide bonds.